The first kappa shape index (κ1) is 22.8. The van der Waals surface area contributed by atoms with Gasteiger partial charge in [-0.15, -0.1) is 0 Å². The summed E-state index contributed by atoms with van der Waals surface area (Å²) in [5.74, 6) is 0.305. The molecular formula is C25H32N6O3. The van der Waals surface area contributed by atoms with Crippen molar-refractivity contribution >= 4 is 17.7 Å². The Kier molecular flexibility index (Phi) is 5.61. The monoisotopic (exact) mass is 464 g/mol. The van der Waals surface area contributed by atoms with Crippen LogP contribution in [0.25, 0.3) is 0 Å². The highest BCUT2D eigenvalue weighted by molar-refractivity contribution is 5.94. The highest BCUT2D eigenvalue weighted by atomic mass is 16.2. The third-order valence-corrected chi connectivity index (χ3v) is 8.03. The molecule has 1 aliphatic carbocycles. The van der Waals surface area contributed by atoms with Crippen molar-refractivity contribution in [2.24, 2.45) is 11.7 Å². The lowest BCUT2D eigenvalue weighted by Crippen LogP contribution is -2.57. The summed E-state index contributed by atoms with van der Waals surface area (Å²) in [5.41, 5.74) is 7.91. The quantitative estimate of drug-likeness (QED) is 0.659. The maximum atomic E-state index is 13.3. The molecule has 180 valence electrons. The number of amides is 3. The van der Waals surface area contributed by atoms with Crippen molar-refractivity contribution in [3.8, 4) is 6.07 Å². The fraction of sp³-hybridized carbons (Fsp3) is 0.600. The third-order valence-electron chi connectivity index (χ3n) is 8.03. The lowest BCUT2D eigenvalue weighted by atomic mass is 10.0. The second kappa shape index (κ2) is 8.36. The largest absolute Gasteiger partial charge is 0.345 e. The van der Waals surface area contributed by atoms with E-state index in [4.69, 9.17) is 5.73 Å². The summed E-state index contributed by atoms with van der Waals surface area (Å²) in [5, 5.41) is 9.39. The average Bonchev–Trinajstić information content (AvgIpc) is 3.15. The fourth-order valence-electron chi connectivity index (χ4n) is 6.13. The SMILES string of the molecule is C[C@H](c1ccc(C(=O)N(C)C)cc1)N1C(=O)[C@@H]2C[C@H]1CN2C[C@H](N)C(=O)N1C2C[C@H]2C[C@H]1C#N. The summed E-state index contributed by atoms with van der Waals surface area (Å²) in [6.45, 7) is 3.04. The molecule has 1 aromatic rings. The van der Waals surface area contributed by atoms with Crippen LogP contribution in [0, 0.1) is 17.2 Å². The predicted octanol–water partition coefficient (Wildman–Crippen LogP) is 0.575. The number of piperazine rings is 1. The van der Waals surface area contributed by atoms with E-state index in [0.29, 0.717) is 24.6 Å². The number of rotatable bonds is 6. The van der Waals surface area contributed by atoms with E-state index in [2.05, 4.69) is 6.07 Å². The topological polar surface area (TPSA) is 114 Å². The average molecular weight is 465 g/mol. The number of nitrogens with zero attached hydrogens (tertiary/aromatic N) is 5. The standard InChI is InChI=1S/C25H32N6O3/c1-14(15-4-6-16(7-5-15)23(32)28(2)3)30-19-10-22(25(30)34)29(12-19)13-20(27)24(33)31-18(11-26)8-17-9-21(17)31/h4-7,14,17-22H,8-10,12-13,27H2,1-3H3/t14-,17-,18+,19+,20+,21?,22+/m1/s1. The molecular weight excluding hydrogens is 432 g/mol. The van der Waals surface area contributed by atoms with Gasteiger partial charge in [-0.1, -0.05) is 12.1 Å². The second-order valence-electron chi connectivity index (χ2n) is 10.4. The molecule has 5 rings (SSSR count). The summed E-state index contributed by atoms with van der Waals surface area (Å²) in [6.07, 6.45) is 2.46. The molecule has 3 aliphatic heterocycles. The Morgan fingerprint density at radius 3 is 2.53 bits per heavy atom. The molecule has 9 heteroatoms. The number of benzene rings is 1. The van der Waals surface area contributed by atoms with Crippen molar-refractivity contribution in [1.82, 2.24) is 19.6 Å². The summed E-state index contributed by atoms with van der Waals surface area (Å²) < 4.78 is 0. The normalized spacial score (nSPS) is 31.3. The number of fused-ring (bicyclic) bond motifs is 3. The first-order chi connectivity index (χ1) is 16.2. The first-order valence-electron chi connectivity index (χ1n) is 12.1. The van der Waals surface area contributed by atoms with E-state index in [1.54, 1.807) is 36.0 Å². The first-order valence-corrected chi connectivity index (χ1v) is 12.1. The number of nitrogens with two attached hydrogens (primary N) is 1. The molecule has 7 atom stereocenters. The molecule has 0 radical (unpaired) electrons. The molecule has 4 fully saturated rings. The zero-order valence-electron chi connectivity index (χ0n) is 19.9. The van der Waals surface area contributed by atoms with Crippen LogP contribution in [0.2, 0.25) is 0 Å². The van der Waals surface area contributed by atoms with Crippen molar-refractivity contribution in [3.63, 3.8) is 0 Å². The van der Waals surface area contributed by atoms with Crippen LogP contribution in [-0.4, -0.2) is 94.7 Å². The Bertz CT molecular complexity index is 1050. The molecule has 2 N–H and O–H groups in total. The molecule has 3 amide bonds. The van der Waals surface area contributed by atoms with Gasteiger partial charge in [0.1, 0.15) is 6.04 Å². The zero-order valence-corrected chi connectivity index (χ0v) is 19.9. The van der Waals surface area contributed by atoms with E-state index in [1.807, 2.05) is 28.9 Å². The second-order valence-corrected chi connectivity index (χ2v) is 10.4. The highest BCUT2D eigenvalue weighted by Crippen LogP contribution is 2.48. The minimum Gasteiger partial charge on any atom is -0.345 e. The van der Waals surface area contributed by atoms with Gasteiger partial charge in [0.25, 0.3) is 5.91 Å². The predicted molar refractivity (Wildman–Crippen MR) is 124 cm³/mol. The van der Waals surface area contributed by atoms with Crippen LogP contribution in [-0.2, 0) is 9.59 Å². The van der Waals surface area contributed by atoms with E-state index in [0.717, 1.165) is 24.8 Å². The van der Waals surface area contributed by atoms with Gasteiger partial charge in [-0.3, -0.25) is 19.3 Å². The Labute approximate surface area is 200 Å². The van der Waals surface area contributed by atoms with Gasteiger partial charge in [0.15, 0.2) is 0 Å². The minimum absolute atomic E-state index is 0.0516. The molecule has 1 unspecified atom stereocenters. The van der Waals surface area contributed by atoms with Crippen molar-refractivity contribution in [1.29, 1.82) is 5.26 Å². The van der Waals surface area contributed by atoms with Crippen LogP contribution < -0.4 is 5.73 Å². The summed E-state index contributed by atoms with van der Waals surface area (Å²) in [7, 11) is 3.44. The van der Waals surface area contributed by atoms with Gasteiger partial charge in [0, 0.05) is 44.8 Å². The van der Waals surface area contributed by atoms with Gasteiger partial charge in [0.05, 0.1) is 24.2 Å². The van der Waals surface area contributed by atoms with E-state index in [1.165, 1.54) is 0 Å². The number of likely N-dealkylation sites (tertiary alicyclic amines) is 3. The van der Waals surface area contributed by atoms with E-state index >= 15 is 0 Å². The molecule has 3 saturated heterocycles. The van der Waals surface area contributed by atoms with E-state index in [9.17, 15) is 19.6 Å². The smallest absolute Gasteiger partial charge is 0.253 e. The molecule has 1 aromatic carbocycles. The van der Waals surface area contributed by atoms with E-state index < -0.39 is 6.04 Å². The number of nitriles is 1. The van der Waals surface area contributed by atoms with Crippen LogP contribution in [0.15, 0.2) is 24.3 Å². The zero-order chi connectivity index (χ0) is 24.3. The van der Waals surface area contributed by atoms with Gasteiger partial charge in [0.2, 0.25) is 11.8 Å². The van der Waals surface area contributed by atoms with Gasteiger partial charge in [-0.25, -0.2) is 0 Å². The lowest BCUT2D eigenvalue weighted by molar-refractivity contribution is -0.141. The van der Waals surface area contributed by atoms with Crippen molar-refractivity contribution in [3.05, 3.63) is 35.4 Å². The summed E-state index contributed by atoms with van der Waals surface area (Å²) >= 11 is 0. The van der Waals surface area contributed by atoms with E-state index in [-0.39, 0.29) is 47.9 Å². The molecule has 0 aromatic heterocycles. The Balaban J connectivity index is 1.21. The number of piperidine rings is 1. The van der Waals surface area contributed by atoms with Gasteiger partial charge in [-0.05, 0) is 49.8 Å². The molecule has 9 nitrogen and oxygen atoms in total. The minimum atomic E-state index is -0.727. The maximum Gasteiger partial charge on any atom is 0.253 e. The number of carbonyl (C=O) groups is 3. The molecule has 3 heterocycles. The molecule has 2 bridgehead atoms. The Morgan fingerprint density at radius 1 is 1.21 bits per heavy atom. The van der Waals surface area contributed by atoms with Crippen LogP contribution in [0.5, 0.6) is 0 Å². The number of carbonyl (C=O) groups excluding carboxylic acids is 3. The third kappa shape index (κ3) is 3.65. The summed E-state index contributed by atoms with van der Waals surface area (Å²) in [4.78, 5) is 45.6. The lowest BCUT2D eigenvalue weighted by Gasteiger charge is -2.38. The highest BCUT2D eigenvalue weighted by Gasteiger charge is 2.56. The Morgan fingerprint density at radius 2 is 1.91 bits per heavy atom. The molecule has 34 heavy (non-hydrogen) atoms. The van der Waals surface area contributed by atoms with Crippen LogP contribution in [0.3, 0.4) is 0 Å². The van der Waals surface area contributed by atoms with Crippen LogP contribution >= 0.6 is 0 Å². The fourth-order valence-corrected chi connectivity index (χ4v) is 6.13. The van der Waals surface area contributed by atoms with Crippen molar-refractivity contribution in [2.75, 3.05) is 27.2 Å². The summed E-state index contributed by atoms with van der Waals surface area (Å²) in [6, 6.07) is 8.48. The van der Waals surface area contributed by atoms with Crippen LogP contribution in [0.4, 0.5) is 0 Å². The van der Waals surface area contributed by atoms with Crippen LogP contribution in [0.1, 0.15) is 48.1 Å². The Hall–Kier alpha value is -2.96. The van der Waals surface area contributed by atoms with Gasteiger partial charge < -0.3 is 20.4 Å². The van der Waals surface area contributed by atoms with Crippen molar-refractivity contribution < 1.29 is 14.4 Å². The van der Waals surface area contributed by atoms with Gasteiger partial charge >= 0.3 is 0 Å². The van der Waals surface area contributed by atoms with Crippen molar-refractivity contribution in [2.45, 2.75) is 62.4 Å². The maximum absolute atomic E-state index is 13.3. The van der Waals surface area contributed by atoms with Gasteiger partial charge in [-0.2, -0.15) is 5.26 Å². The molecule has 4 aliphatic rings. The molecule has 1 saturated carbocycles. The number of hydrogen-bond acceptors (Lipinski definition) is 6. The number of hydrogen-bond donors (Lipinski definition) is 1. The molecule has 0 spiro atoms.